The van der Waals surface area contributed by atoms with Crippen molar-refractivity contribution in [2.24, 2.45) is 0 Å². The van der Waals surface area contributed by atoms with E-state index in [1.165, 1.54) is 22.5 Å². The molecule has 6 nitrogen and oxygen atoms in total. The van der Waals surface area contributed by atoms with Crippen LogP contribution in [0.4, 0.5) is 5.69 Å². The Labute approximate surface area is 160 Å². The van der Waals surface area contributed by atoms with Crippen molar-refractivity contribution < 1.29 is 17.9 Å². The van der Waals surface area contributed by atoms with Crippen molar-refractivity contribution in [3.8, 4) is 5.75 Å². The number of anilines is 1. The third kappa shape index (κ3) is 4.42. The number of fused-ring (bicyclic) bond motifs is 1. The Balaban J connectivity index is 1.63. The predicted molar refractivity (Wildman–Crippen MR) is 105 cm³/mol. The van der Waals surface area contributed by atoms with Gasteiger partial charge in [0, 0.05) is 20.1 Å². The van der Waals surface area contributed by atoms with Crippen molar-refractivity contribution in [2.45, 2.75) is 26.0 Å². The van der Waals surface area contributed by atoms with E-state index in [2.05, 4.69) is 12.1 Å². The predicted octanol–water partition coefficient (Wildman–Crippen LogP) is 2.43. The van der Waals surface area contributed by atoms with Crippen LogP contribution in [-0.2, 0) is 27.8 Å². The molecule has 1 aliphatic heterocycles. The largest absolute Gasteiger partial charge is 0.481 e. The number of sulfonamides is 1. The van der Waals surface area contributed by atoms with E-state index in [4.69, 9.17) is 4.74 Å². The highest BCUT2D eigenvalue weighted by molar-refractivity contribution is 7.92. The van der Waals surface area contributed by atoms with Crippen molar-refractivity contribution in [1.82, 2.24) is 4.90 Å². The summed E-state index contributed by atoms with van der Waals surface area (Å²) in [6.07, 6.45) is 1.38. The summed E-state index contributed by atoms with van der Waals surface area (Å²) in [5.41, 5.74) is 3.01. The van der Waals surface area contributed by atoms with E-state index in [1.807, 2.05) is 17.0 Å². The average Bonchev–Trinajstić information content (AvgIpc) is 2.66. The molecular weight excluding hydrogens is 364 g/mol. The molecule has 0 spiro atoms. The lowest BCUT2D eigenvalue weighted by Gasteiger charge is -2.31. The maximum absolute atomic E-state index is 12.7. The molecule has 1 heterocycles. The second-order valence-corrected chi connectivity index (χ2v) is 8.78. The van der Waals surface area contributed by atoms with E-state index in [0.717, 1.165) is 12.7 Å². The summed E-state index contributed by atoms with van der Waals surface area (Å²) in [5.74, 6) is 0.473. The Morgan fingerprint density at radius 1 is 1.11 bits per heavy atom. The minimum Gasteiger partial charge on any atom is -0.481 e. The van der Waals surface area contributed by atoms with Gasteiger partial charge in [0.05, 0.1) is 11.9 Å². The van der Waals surface area contributed by atoms with Crippen LogP contribution in [0.2, 0.25) is 0 Å². The minimum atomic E-state index is -3.31. The first kappa shape index (κ1) is 19.2. The molecule has 0 aliphatic carbocycles. The van der Waals surface area contributed by atoms with Crippen molar-refractivity contribution >= 4 is 21.6 Å². The van der Waals surface area contributed by atoms with Crippen molar-refractivity contribution in [1.29, 1.82) is 0 Å². The molecule has 0 N–H and O–H groups in total. The van der Waals surface area contributed by atoms with Crippen LogP contribution >= 0.6 is 0 Å². The van der Waals surface area contributed by atoms with Crippen LogP contribution in [-0.4, -0.2) is 45.2 Å². The molecule has 27 heavy (non-hydrogen) atoms. The molecule has 2 aromatic carbocycles. The molecule has 0 saturated carbocycles. The fourth-order valence-corrected chi connectivity index (χ4v) is 3.63. The molecule has 1 aliphatic rings. The van der Waals surface area contributed by atoms with E-state index < -0.39 is 16.1 Å². The number of hydrogen-bond donors (Lipinski definition) is 0. The second-order valence-electron chi connectivity index (χ2n) is 6.76. The SMILES string of the molecule is CC(Oc1ccc(N(C)S(C)(=O)=O)cc1)C(=O)N1CCc2ccccc2C1. The zero-order chi connectivity index (χ0) is 19.6. The molecule has 0 saturated heterocycles. The first-order valence-electron chi connectivity index (χ1n) is 8.82. The van der Waals surface area contributed by atoms with Gasteiger partial charge in [0.1, 0.15) is 5.75 Å². The van der Waals surface area contributed by atoms with Gasteiger partial charge in [0.25, 0.3) is 5.91 Å². The number of carbonyl (C=O) groups is 1. The second kappa shape index (κ2) is 7.60. The lowest BCUT2D eigenvalue weighted by Crippen LogP contribution is -2.43. The smallest absolute Gasteiger partial charge is 0.263 e. The van der Waals surface area contributed by atoms with Crippen LogP contribution in [0.15, 0.2) is 48.5 Å². The summed E-state index contributed by atoms with van der Waals surface area (Å²) in [6, 6.07) is 14.8. The molecule has 2 aromatic rings. The van der Waals surface area contributed by atoms with Gasteiger partial charge in [-0.3, -0.25) is 9.10 Å². The highest BCUT2D eigenvalue weighted by Crippen LogP contribution is 2.23. The molecular formula is C20H24N2O4S. The number of amides is 1. The Bertz CT molecular complexity index is 925. The average molecular weight is 388 g/mol. The van der Waals surface area contributed by atoms with Gasteiger partial charge in [-0.05, 0) is 48.7 Å². The van der Waals surface area contributed by atoms with E-state index in [1.54, 1.807) is 31.2 Å². The zero-order valence-electron chi connectivity index (χ0n) is 15.8. The van der Waals surface area contributed by atoms with Crippen LogP contribution < -0.4 is 9.04 Å². The summed E-state index contributed by atoms with van der Waals surface area (Å²) in [4.78, 5) is 14.6. The molecule has 1 amide bonds. The Morgan fingerprint density at radius 3 is 2.37 bits per heavy atom. The molecule has 1 unspecified atom stereocenters. The van der Waals surface area contributed by atoms with Crippen LogP contribution in [0.25, 0.3) is 0 Å². The first-order chi connectivity index (χ1) is 12.8. The quantitative estimate of drug-likeness (QED) is 0.789. The molecule has 7 heteroatoms. The number of hydrogen-bond acceptors (Lipinski definition) is 4. The van der Waals surface area contributed by atoms with Crippen LogP contribution in [0.5, 0.6) is 5.75 Å². The van der Waals surface area contributed by atoms with Crippen LogP contribution in [0, 0.1) is 0 Å². The molecule has 0 bridgehead atoms. The van der Waals surface area contributed by atoms with Gasteiger partial charge >= 0.3 is 0 Å². The van der Waals surface area contributed by atoms with E-state index in [9.17, 15) is 13.2 Å². The van der Waals surface area contributed by atoms with Gasteiger partial charge in [0.15, 0.2) is 6.10 Å². The molecule has 0 aromatic heterocycles. The van der Waals surface area contributed by atoms with Crippen molar-refractivity contribution in [3.05, 3.63) is 59.7 Å². The van der Waals surface area contributed by atoms with E-state index in [-0.39, 0.29) is 5.91 Å². The molecule has 3 rings (SSSR count). The van der Waals surface area contributed by atoms with Crippen LogP contribution in [0.3, 0.4) is 0 Å². The summed E-state index contributed by atoms with van der Waals surface area (Å²) in [5, 5.41) is 0. The number of nitrogens with zero attached hydrogens (tertiary/aromatic N) is 2. The Kier molecular flexibility index (Phi) is 5.41. The Hall–Kier alpha value is -2.54. The zero-order valence-corrected chi connectivity index (χ0v) is 16.6. The van der Waals surface area contributed by atoms with Gasteiger partial charge in [-0.2, -0.15) is 0 Å². The Morgan fingerprint density at radius 2 is 1.74 bits per heavy atom. The van der Waals surface area contributed by atoms with Gasteiger partial charge in [0.2, 0.25) is 10.0 Å². The molecule has 0 fully saturated rings. The lowest BCUT2D eigenvalue weighted by atomic mass is 9.99. The van der Waals surface area contributed by atoms with Gasteiger partial charge < -0.3 is 9.64 Å². The fourth-order valence-electron chi connectivity index (χ4n) is 3.12. The monoisotopic (exact) mass is 388 g/mol. The molecule has 0 radical (unpaired) electrons. The van der Waals surface area contributed by atoms with Gasteiger partial charge in [-0.25, -0.2) is 8.42 Å². The van der Waals surface area contributed by atoms with Crippen molar-refractivity contribution in [3.63, 3.8) is 0 Å². The third-order valence-corrected chi connectivity index (χ3v) is 6.01. The van der Waals surface area contributed by atoms with E-state index in [0.29, 0.717) is 24.5 Å². The van der Waals surface area contributed by atoms with Crippen molar-refractivity contribution in [2.75, 3.05) is 24.2 Å². The summed E-state index contributed by atoms with van der Waals surface area (Å²) >= 11 is 0. The summed E-state index contributed by atoms with van der Waals surface area (Å²) in [7, 11) is -1.82. The highest BCUT2D eigenvalue weighted by atomic mass is 32.2. The first-order valence-corrected chi connectivity index (χ1v) is 10.7. The number of benzene rings is 2. The van der Waals surface area contributed by atoms with Crippen LogP contribution in [0.1, 0.15) is 18.1 Å². The standard InChI is InChI=1S/C20H24N2O4S/c1-15(20(23)22-13-12-16-6-4-5-7-17(16)14-22)26-19-10-8-18(9-11-19)21(2)27(3,24)25/h4-11,15H,12-14H2,1-3H3. The van der Waals surface area contributed by atoms with Gasteiger partial charge in [-0.15, -0.1) is 0 Å². The lowest BCUT2D eigenvalue weighted by molar-refractivity contribution is -0.138. The normalized spacial score (nSPS) is 15.0. The van der Waals surface area contributed by atoms with Gasteiger partial charge in [-0.1, -0.05) is 24.3 Å². The highest BCUT2D eigenvalue weighted by Gasteiger charge is 2.25. The fraction of sp³-hybridized carbons (Fsp3) is 0.350. The molecule has 1 atom stereocenters. The topological polar surface area (TPSA) is 66.9 Å². The number of carbonyl (C=O) groups excluding carboxylic acids is 1. The maximum atomic E-state index is 12.7. The van der Waals surface area contributed by atoms with E-state index >= 15 is 0 Å². The molecule has 144 valence electrons. The number of ether oxygens (including phenoxy) is 1. The third-order valence-electron chi connectivity index (χ3n) is 4.80. The maximum Gasteiger partial charge on any atom is 0.263 e. The summed E-state index contributed by atoms with van der Waals surface area (Å²) < 4.78 is 30.2. The summed E-state index contributed by atoms with van der Waals surface area (Å²) in [6.45, 7) is 3.02. The minimum absolute atomic E-state index is 0.0539. The number of rotatable bonds is 5.